The number of nitro benzene ring substituents is 1. The van der Waals surface area contributed by atoms with Gasteiger partial charge in [0.25, 0.3) is 5.91 Å². The zero-order valence-electron chi connectivity index (χ0n) is 12.0. The van der Waals surface area contributed by atoms with Crippen LogP contribution in [0, 0.1) is 10.1 Å². The summed E-state index contributed by atoms with van der Waals surface area (Å²) in [5.41, 5.74) is 2.34. The molecule has 0 spiro atoms. The van der Waals surface area contributed by atoms with Crippen molar-refractivity contribution in [3.05, 3.63) is 57.9 Å². The van der Waals surface area contributed by atoms with Crippen molar-refractivity contribution in [3.8, 4) is 11.5 Å². The van der Waals surface area contributed by atoms with E-state index in [9.17, 15) is 20.0 Å². The first kappa shape index (κ1) is 15.9. The SMILES string of the molecule is COc1cc(C=NNC(=O)c2cccnc2)cc([N+](=O)[O-])c1O. The van der Waals surface area contributed by atoms with Gasteiger partial charge in [-0.1, -0.05) is 0 Å². The second kappa shape index (κ2) is 6.98. The van der Waals surface area contributed by atoms with Gasteiger partial charge in [0.15, 0.2) is 5.75 Å². The van der Waals surface area contributed by atoms with Crippen LogP contribution in [0.25, 0.3) is 0 Å². The summed E-state index contributed by atoms with van der Waals surface area (Å²) < 4.78 is 4.86. The summed E-state index contributed by atoms with van der Waals surface area (Å²) in [4.78, 5) is 25.7. The largest absolute Gasteiger partial charge is 0.500 e. The zero-order valence-corrected chi connectivity index (χ0v) is 12.0. The van der Waals surface area contributed by atoms with Crippen LogP contribution in [-0.2, 0) is 0 Å². The topological polar surface area (TPSA) is 127 Å². The summed E-state index contributed by atoms with van der Waals surface area (Å²) in [6.45, 7) is 0. The third kappa shape index (κ3) is 3.79. The Morgan fingerprint density at radius 3 is 2.91 bits per heavy atom. The van der Waals surface area contributed by atoms with E-state index in [0.29, 0.717) is 5.56 Å². The van der Waals surface area contributed by atoms with E-state index >= 15 is 0 Å². The lowest BCUT2D eigenvalue weighted by Gasteiger charge is -2.05. The molecule has 0 unspecified atom stereocenters. The molecule has 23 heavy (non-hydrogen) atoms. The van der Waals surface area contributed by atoms with Crippen LogP contribution in [0.1, 0.15) is 15.9 Å². The molecule has 9 nitrogen and oxygen atoms in total. The standard InChI is InChI=1S/C14H12N4O5/c1-23-12-6-9(5-11(13(12)19)18(21)22)7-16-17-14(20)10-3-2-4-15-8-10/h2-8,19H,1H3,(H,17,20). The average Bonchev–Trinajstić information content (AvgIpc) is 2.56. The van der Waals surface area contributed by atoms with Gasteiger partial charge in [-0.05, 0) is 18.2 Å². The van der Waals surface area contributed by atoms with Gasteiger partial charge in [-0.3, -0.25) is 19.9 Å². The summed E-state index contributed by atoms with van der Waals surface area (Å²) in [5, 5.41) is 24.2. The van der Waals surface area contributed by atoms with Crippen LogP contribution in [-0.4, -0.2) is 34.2 Å². The molecule has 1 aromatic heterocycles. The highest BCUT2D eigenvalue weighted by Gasteiger charge is 2.19. The number of rotatable bonds is 5. The number of hydrogen-bond donors (Lipinski definition) is 2. The molecule has 0 aliphatic carbocycles. The molecule has 1 aromatic carbocycles. The smallest absolute Gasteiger partial charge is 0.315 e. The fraction of sp³-hybridized carbons (Fsp3) is 0.0714. The molecule has 2 aromatic rings. The predicted molar refractivity (Wildman–Crippen MR) is 80.6 cm³/mol. The van der Waals surface area contributed by atoms with Gasteiger partial charge >= 0.3 is 5.69 Å². The molecule has 0 aliphatic heterocycles. The molecule has 9 heteroatoms. The van der Waals surface area contributed by atoms with Crippen LogP contribution in [0.15, 0.2) is 41.8 Å². The lowest BCUT2D eigenvalue weighted by Crippen LogP contribution is -2.17. The second-order valence-corrected chi connectivity index (χ2v) is 4.29. The Balaban J connectivity index is 2.18. The molecule has 0 bridgehead atoms. The number of phenols is 1. The summed E-state index contributed by atoms with van der Waals surface area (Å²) in [5.74, 6) is -1.12. The lowest BCUT2D eigenvalue weighted by atomic mass is 10.2. The van der Waals surface area contributed by atoms with E-state index in [1.54, 1.807) is 12.1 Å². The molecule has 0 fully saturated rings. The molecule has 1 amide bonds. The van der Waals surface area contributed by atoms with E-state index in [1.807, 2.05) is 0 Å². The first-order valence-corrected chi connectivity index (χ1v) is 6.31. The monoisotopic (exact) mass is 316 g/mol. The first-order chi connectivity index (χ1) is 11.0. The summed E-state index contributed by atoms with van der Waals surface area (Å²) in [6.07, 6.45) is 4.10. The van der Waals surface area contributed by atoms with Crippen molar-refractivity contribution in [2.75, 3.05) is 7.11 Å². The van der Waals surface area contributed by atoms with Gasteiger partial charge in [-0.2, -0.15) is 5.10 Å². The third-order valence-corrected chi connectivity index (χ3v) is 2.80. The zero-order chi connectivity index (χ0) is 16.8. The maximum absolute atomic E-state index is 11.7. The molecule has 0 atom stereocenters. The highest BCUT2D eigenvalue weighted by atomic mass is 16.6. The number of benzene rings is 1. The van der Waals surface area contributed by atoms with Crippen molar-refractivity contribution >= 4 is 17.8 Å². The maximum atomic E-state index is 11.7. The van der Waals surface area contributed by atoms with Crippen LogP contribution >= 0.6 is 0 Å². The number of amides is 1. The number of nitro groups is 1. The molecule has 1 heterocycles. The third-order valence-electron chi connectivity index (χ3n) is 2.80. The van der Waals surface area contributed by atoms with Gasteiger partial charge in [0.2, 0.25) is 5.75 Å². The van der Waals surface area contributed by atoms with Crippen molar-refractivity contribution in [3.63, 3.8) is 0 Å². The molecular formula is C14H12N4O5. The number of ether oxygens (including phenoxy) is 1. The minimum atomic E-state index is -0.747. The van der Waals surface area contributed by atoms with E-state index < -0.39 is 22.3 Å². The Labute approximate surface area is 130 Å². The molecule has 0 radical (unpaired) electrons. The molecule has 118 valence electrons. The molecule has 2 N–H and O–H groups in total. The Morgan fingerprint density at radius 2 is 2.30 bits per heavy atom. The maximum Gasteiger partial charge on any atom is 0.315 e. The first-order valence-electron chi connectivity index (χ1n) is 6.31. The van der Waals surface area contributed by atoms with Gasteiger partial charge in [-0.25, -0.2) is 5.43 Å². The molecule has 0 saturated heterocycles. The van der Waals surface area contributed by atoms with Gasteiger partial charge in [0.05, 0.1) is 23.8 Å². The second-order valence-electron chi connectivity index (χ2n) is 4.29. The molecule has 0 saturated carbocycles. The number of nitrogens with zero attached hydrogens (tertiary/aromatic N) is 3. The Morgan fingerprint density at radius 1 is 1.52 bits per heavy atom. The fourth-order valence-corrected chi connectivity index (χ4v) is 1.71. The van der Waals surface area contributed by atoms with E-state index in [4.69, 9.17) is 4.74 Å². The number of nitrogens with one attached hydrogen (secondary N) is 1. The number of phenolic OH excluding ortho intramolecular Hbond substituents is 1. The Hall–Kier alpha value is -3.49. The van der Waals surface area contributed by atoms with E-state index in [1.165, 1.54) is 31.8 Å². The van der Waals surface area contributed by atoms with E-state index in [-0.39, 0.29) is 11.3 Å². The number of hydrazone groups is 1. The summed E-state index contributed by atoms with van der Waals surface area (Å²) in [6, 6.07) is 5.62. The molecular weight excluding hydrogens is 304 g/mol. The highest BCUT2D eigenvalue weighted by molar-refractivity contribution is 5.94. The van der Waals surface area contributed by atoms with Crippen molar-refractivity contribution in [2.24, 2.45) is 5.10 Å². The van der Waals surface area contributed by atoms with Crippen LogP contribution in [0.2, 0.25) is 0 Å². The summed E-state index contributed by atoms with van der Waals surface area (Å²) in [7, 11) is 1.27. The lowest BCUT2D eigenvalue weighted by molar-refractivity contribution is -0.386. The normalized spacial score (nSPS) is 10.5. The minimum absolute atomic E-state index is 0.0702. The van der Waals surface area contributed by atoms with Crippen molar-refractivity contribution in [1.82, 2.24) is 10.4 Å². The summed E-state index contributed by atoms with van der Waals surface area (Å²) >= 11 is 0. The number of aromatic nitrogens is 1. The van der Waals surface area contributed by atoms with Gasteiger partial charge in [-0.15, -0.1) is 0 Å². The van der Waals surface area contributed by atoms with Crippen molar-refractivity contribution in [1.29, 1.82) is 0 Å². The van der Waals surface area contributed by atoms with Crippen LogP contribution in [0.4, 0.5) is 5.69 Å². The highest BCUT2D eigenvalue weighted by Crippen LogP contribution is 2.36. The quantitative estimate of drug-likeness (QED) is 0.488. The van der Waals surface area contributed by atoms with Gasteiger partial charge in [0.1, 0.15) is 0 Å². The van der Waals surface area contributed by atoms with E-state index in [0.717, 1.165) is 6.07 Å². The number of methoxy groups -OCH3 is 1. The van der Waals surface area contributed by atoms with Gasteiger partial charge in [0, 0.05) is 24.0 Å². The predicted octanol–water partition coefficient (Wildman–Crippen LogP) is 1.47. The van der Waals surface area contributed by atoms with Crippen molar-refractivity contribution < 1.29 is 19.6 Å². The molecule has 2 rings (SSSR count). The van der Waals surface area contributed by atoms with Crippen LogP contribution in [0.5, 0.6) is 11.5 Å². The number of hydrogen-bond acceptors (Lipinski definition) is 7. The number of carbonyl (C=O) groups is 1. The van der Waals surface area contributed by atoms with Gasteiger partial charge < -0.3 is 9.84 Å². The van der Waals surface area contributed by atoms with Crippen LogP contribution in [0.3, 0.4) is 0 Å². The molecule has 0 aliphatic rings. The average molecular weight is 316 g/mol. The number of pyridine rings is 1. The van der Waals surface area contributed by atoms with E-state index in [2.05, 4.69) is 15.5 Å². The fourth-order valence-electron chi connectivity index (χ4n) is 1.71. The minimum Gasteiger partial charge on any atom is -0.500 e. The number of carbonyl (C=O) groups excluding carboxylic acids is 1. The van der Waals surface area contributed by atoms with Crippen molar-refractivity contribution in [2.45, 2.75) is 0 Å². The Kier molecular flexibility index (Phi) is 4.82. The number of aromatic hydroxyl groups is 1. The Bertz CT molecular complexity index is 761. The van der Waals surface area contributed by atoms with Crippen LogP contribution < -0.4 is 10.2 Å².